The van der Waals surface area contributed by atoms with Gasteiger partial charge in [-0.3, -0.25) is 14.4 Å². The molecule has 3 rings (SSSR count). The second-order valence-electron chi connectivity index (χ2n) is 7.33. The van der Waals surface area contributed by atoms with E-state index < -0.39 is 41.0 Å². The Hall–Kier alpha value is -2.89. The van der Waals surface area contributed by atoms with E-state index in [9.17, 15) is 22.8 Å². The number of anilines is 1. The number of rotatable bonds is 8. The number of sulfonamides is 1. The molecule has 1 fully saturated rings. The third-order valence-corrected chi connectivity index (χ3v) is 7.14. The fourth-order valence-electron chi connectivity index (χ4n) is 3.22. The lowest BCUT2D eigenvalue weighted by molar-refractivity contribution is -0.146. The molecule has 0 saturated carbocycles. The number of carbonyl (C=O) groups is 3. The summed E-state index contributed by atoms with van der Waals surface area (Å²) in [6.45, 7) is -0.218. The Bertz CT molecular complexity index is 1100. The number of ether oxygens (including phenoxy) is 1. The minimum absolute atomic E-state index is 0.0155. The van der Waals surface area contributed by atoms with E-state index >= 15 is 0 Å². The fraction of sp³-hybridized carbons (Fsp3) is 0.381. The Morgan fingerprint density at radius 1 is 1.09 bits per heavy atom. The molecule has 1 aliphatic rings. The topological polar surface area (TPSA) is 135 Å². The van der Waals surface area contributed by atoms with Crippen LogP contribution < -0.4 is 10.6 Å². The molecule has 1 aromatic heterocycles. The maximum absolute atomic E-state index is 13.0. The maximum atomic E-state index is 13.0. The molecule has 33 heavy (non-hydrogen) atoms. The van der Waals surface area contributed by atoms with Gasteiger partial charge in [0.1, 0.15) is 6.54 Å². The number of furan rings is 1. The monoisotopic (exact) mass is 497 g/mol. The molecule has 0 atom stereocenters. The summed E-state index contributed by atoms with van der Waals surface area (Å²) < 4.78 is 37.1. The van der Waals surface area contributed by atoms with Gasteiger partial charge in [0, 0.05) is 13.1 Å². The Kier molecular flexibility index (Phi) is 8.48. The Morgan fingerprint density at radius 3 is 2.48 bits per heavy atom. The van der Waals surface area contributed by atoms with Gasteiger partial charge in [0.05, 0.1) is 21.9 Å². The van der Waals surface area contributed by atoms with Crippen LogP contribution in [0.15, 0.2) is 45.9 Å². The highest BCUT2D eigenvalue weighted by atomic mass is 35.5. The summed E-state index contributed by atoms with van der Waals surface area (Å²) in [5, 5.41) is 4.88. The number of halogens is 1. The molecule has 2 aromatic rings. The number of nitrogens with zero attached hydrogens (tertiary/aromatic N) is 1. The van der Waals surface area contributed by atoms with Gasteiger partial charge in [-0.25, -0.2) is 8.42 Å². The predicted octanol–water partition coefficient (Wildman–Crippen LogP) is 2.41. The first-order valence-corrected chi connectivity index (χ1v) is 12.2. The molecule has 2 amide bonds. The highest BCUT2D eigenvalue weighted by Gasteiger charge is 2.26. The first-order chi connectivity index (χ1) is 15.8. The minimum atomic E-state index is -3.73. The number of carbonyl (C=O) groups excluding carboxylic acids is 3. The second kappa shape index (κ2) is 11.3. The molecule has 178 valence electrons. The fourth-order valence-corrected chi connectivity index (χ4v) is 4.93. The molecule has 0 bridgehead atoms. The van der Waals surface area contributed by atoms with Crippen LogP contribution in [0.3, 0.4) is 0 Å². The van der Waals surface area contributed by atoms with Gasteiger partial charge >= 0.3 is 5.97 Å². The van der Waals surface area contributed by atoms with E-state index in [0.29, 0.717) is 13.1 Å². The molecule has 1 saturated heterocycles. The van der Waals surface area contributed by atoms with E-state index in [1.165, 1.54) is 40.9 Å². The Balaban J connectivity index is 1.55. The maximum Gasteiger partial charge on any atom is 0.325 e. The lowest BCUT2D eigenvalue weighted by Crippen LogP contribution is -2.32. The molecule has 0 spiro atoms. The summed E-state index contributed by atoms with van der Waals surface area (Å²) in [4.78, 5) is 35.7. The molecule has 0 radical (unpaired) electrons. The summed E-state index contributed by atoms with van der Waals surface area (Å²) in [6.07, 6.45) is 4.88. The number of hydrogen-bond donors (Lipinski definition) is 2. The predicted molar refractivity (Wildman–Crippen MR) is 119 cm³/mol. The minimum Gasteiger partial charge on any atom is -0.459 e. The summed E-state index contributed by atoms with van der Waals surface area (Å²) >= 11 is 6.11. The van der Waals surface area contributed by atoms with Gasteiger partial charge in [-0.15, -0.1) is 0 Å². The van der Waals surface area contributed by atoms with Gasteiger partial charge in [0.15, 0.2) is 12.4 Å². The SMILES string of the molecule is O=C(COC(=O)CNC(=O)c1ccco1)Nc1cc(S(=O)(=O)N2CCCCCC2)ccc1Cl. The van der Waals surface area contributed by atoms with Crippen LogP contribution in [0.4, 0.5) is 5.69 Å². The van der Waals surface area contributed by atoms with Gasteiger partial charge in [-0.1, -0.05) is 24.4 Å². The first-order valence-electron chi connectivity index (χ1n) is 10.3. The lowest BCUT2D eigenvalue weighted by Gasteiger charge is -2.20. The van der Waals surface area contributed by atoms with Gasteiger partial charge in [0.25, 0.3) is 11.8 Å². The number of nitrogens with one attached hydrogen (secondary N) is 2. The van der Waals surface area contributed by atoms with Crippen LogP contribution in [0, 0.1) is 0 Å². The summed E-state index contributed by atoms with van der Waals surface area (Å²) in [5.74, 6) is -2.12. The van der Waals surface area contributed by atoms with Crippen LogP contribution in [0.1, 0.15) is 36.2 Å². The van der Waals surface area contributed by atoms with Crippen LogP contribution in [-0.4, -0.2) is 56.7 Å². The zero-order valence-corrected chi connectivity index (χ0v) is 19.3. The van der Waals surface area contributed by atoms with Crippen LogP contribution in [0.5, 0.6) is 0 Å². The summed E-state index contributed by atoms with van der Waals surface area (Å²) in [7, 11) is -3.73. The van der Waals surface area contributed by atoms with Gasteiger partial charge < -0.3 is 19.8 Å². The number of hydrogen-bond acceptors (Lipinski definition) is 7. The highest BCUT2D eigenvalue weighted by Crippen LogP contribution is 2.28. The van der Waals surface area contributed by atoms with Gasteiger partial charge in [-0.05, 0) is 43.2 Å². The van der Waals surface area contributed by atoms with Crippen molar-refractivity contribution in [2.75, 3.05) is 31.6 Å². The average molecular weight is 498 g/mol. The zero-order chi connectivity index (χ0) is 23.8. The molecule has 12 heteroatoms. The number of esters is 1. The molecule has 0 aliphatic carbocycles. The van der Waals surface area contributed by atoms with Crippen LogP contribution in [-0.2, 0) is 24.3 Å². The molecule has 1 aromatic carbocycles. The van der Waals surface area contributed by atoms with Gasteiger partial charge in [-0.2, -0.15) is 4.31 Å². The molecule has 1 aliphatic heterocycles. The number of benzene rings is 1. The van der Waals surface area contributed by atoms with Crippen LogP contribution >= 0.6 is 11.6 Å². The lowest BCUT2D eigenvalue weighted by atomic mass is 10.2. The van der Waals surface area contributed by atoms with Crippen molar-refractivity contribution >= 4 is 45.1 Å². The van der Waals surface area contributed by atoms with E-state index in [-0.39, 0.29) is 21.4 Å². The Morgan fingerprint density at radius 2 is 1.82 bits per heavy atom. The van der Waals surface area contributed by atoms with Crippen molar-refractivity contribution < 1.29 is 32.0 Å². The molecular formula is C21H24ClN3O7S. The van der Waals surface area contributed by atoms with Crippen LogP contribution in [0.2, 0.25) is 5.02 Å². The van der Waals surface area contributed by atoms with Crippen molar-refractivity contribution in [2.24, 2.45) is 0 Å². The van der Waals surface area contributed by atoms with Crippen LogP contribution in [0.25, 0.3) is 0 Å². The van der Waals surface area contributed by atoms with E-state index in [1.54, 1.807) is 0 Å². The average Bonchev–Trinajstić information content (AvgIpc) is 3.19. The second-order valence-corrected chi connectivity index (χ2v) is 9.67. The molecule has 2 heterocycles. The van der Waals surface area contributed by atoms with E-state index in [1.807, 2.05) is 0 Å². The van der Waals surface area contributed by atoms with Crippen molar-refractivity contribution in [3.05, 3.63) is 47.4 Å². The molecular weight excluding hydrogens is 474 g/mol. The van der Waals surface area contributed by atoms with E-state index in [4.69, 9.17) is 20.8 Å². The third kappa shape index (κ3) is 6.80. The van der Waals surface area contributed by atoms with E-state index in [2.05, 4.69) is 10.6 Å². The molecule has 10 nitrogen and oxygen atoms in total. The van der Waals surface area contributed by atoms with E-state index in [0.717, 1.165) is 25.7 Å². The normalized spacial score (nSPS) is 14.8. The molecule has 2 N–H and O–H groups in total. The zero-order valence-electron chi connectivity index (χ0n) is 17.7. The quantitative estimate of drug-likeness (QED) is 0.534. The van der Waals surface area contributed by atoms with Crippen molar-refractivity contribution in [1.82, 2.24) is 9.62 Å². The smallest absolute Gasteiger partial charge is 0.325 e. The first kappa shape index (κ1) is 24.7. The summed E-state index contributed by atoms with van der Waals surface area (Å²) in [5.41, 5.74) is 0.0831. The highest BCUT2D eigenvalue weighted by molar-refractivity contribution is 7.89. The van der Waals surface area contributed by atoms with Crippen molar-refractivity contribution in [3.63, 3.8) is 0 Å². The Labute approximate surface area is 196 Å². The molecule has 0 unspecified atom stereocenters. The van der Waals surface area contributed by atoms with Crippen molar-refractivity contribution in [2.45, 2.75) is 30.6 Å². The van der Waals surface area contributed by atoms with Crippen molar-refractivity contribution in [1.29, 1.82) is 0 Å². The largest absolute Gasteiger partial charge is 0.459 e. The standard InChI is InChI=1S/C21H24ClN3O7S/c22-16-8-7-15(33(29,30)25-9-3-1-2-4-10-25)12-17(16)24-19(26)14-32-20(27)13-23-21(28)18-6-5-11-31-18/h5-8,11-12H,1-4,9-10,13-14H2,(H,23,28)(H,24,26). The third-order valence-electron chi connectivity index (χ3n) is 4.92. The number of amides is 2. The van der Waals surface area contributed by atoms with Crippen molar-refractivity contribution in [3.8, 4) is 0 Å². The summed E-state index contributed by atoms with van der Waals surface area (Å²) in [6, 6.07) is 7.01. The van der Waals surface area contributed by atoms with Gasteiger partial charge in [0.2, 0.25) is 10.0 Å².